The minimum absolute atomic E-state index is 0.0845. The van der Waals surface area contributed by atoms with E-state index in [4.69, 9.17) is 5.73 Å². The molecule has 0 aliphatic carbocycles. The fourth-order valence-corrected chi connectivity index (χ4v) is 3.15. The Morgan fingerprint density at radius 2 is 2.32 bits per heavy atom. The molecule has 0 aromatic carbocycles. The Kier molecular flexibility index (Phi) is 4.55. The van der Waals surface area contributed by atoms with Gasteiger partial charge in [-0.05, 0) is 37.8 Å². The van der Waals surface area contributed by atoms with Gasteiger partial charge in [0, 0.05) is 6.04 Å². The third kappa shape index (κ3) is 3.54. The van der Waals surface area contributed by atoms with Crippen LogP contribution in [0.5, 0.6) is 0 Å². The molecule has 0 radical (unpaired) electrons. The van der Waals surface area contributed by atoms with E-state index >= 15 is 0 Å². The second kappa shape index (κ2) is 6.16. The molecule has 1 fully saturated rings. The Bertz CT molecular complexity index is 472. The second-order valence-corrected chi connectivity index (χ2v) is 5.81. The molecule has 1 aromatic rings. The lowest BCUT2D eigenvalue weighted by atomic mass is 10.0. The van der Waals surface area contributed by atoms with Crippen LogP contribution in [-0.2, 0) is 4.79 Å². The number of nitrogens with two attached hydrogens (primary N) is 1. The van der Waals surface area contributed by atoms with Crippen molar-refractivity contribution >= 4 is 28.2 Å². The van der Waals surface area contributed by atoms with Crippen molar-refractivity contribution in [3.8, 4) is 0 Å². The molecule has 0 spiro atoms. The van der Waals surface area contributed by atoms with E-state index in [2.05, 4.69) is 17.1 Å². The first-order valence-electron chi connectivity index (χ1n) is 6.49. The number of carbonyl (C=O) groups is 2. The molecule has 19 heavy (non-hydrogen) atoms. The zero-order valence-electron chi connectivity index (χ0n) is 11.0. The van der Waals surface area contributed by atoms with Gasteiger partial charge in [-0.3, -0.25) is 14.5 Å². The van der Waals surface area contributed by atoms with Crippen molar-refractivity contribution in [2.24, 2.45) is 5.73 Å². The van der Waals surface area contributed by atoms with E-state index in [1.54, 1.807) is 11.4 Å². The molecular weight excluding hydrogens is 262 g/mol. The summed E-state index contributed by atoms with van der Waals surface area (Å²) in [6.07, 6.45) is 3.51. The lowest BCUT2D eigenvalue weighted by Gasteiger charge is -2.32. The number of hydrogen-bond acceptors (Lipinski definition) is 4. The molecule has 2 heterocycles. The number of primary amides is 1. The van der Waals surface area contributed by atoms with Crippen molar-refractivity contribution in [1.82, 2.24) is 4.90 Å². The van der Waals surface area contributed by atoms with Crippen LogP contribution < -0.4 is 11.1 Å². The van der Waals surface area contributed by atoms with Gasteiger partial charge in [0.25, 0.3) is 5.91 Å². The summed E-state index contributed by atoms with van der Waals surface area (Å²) in [6.45, 7) is 3.48. The van der Waals surface area contributed by atoms with Gasteiger partial charge in [-0.15, -0.1) is 11.3 Å². The Morgan fingerprint density at radius 3 is 3.00 bits per heavy atom. The van der Waals surface area contributed by atoms with Crippen LogP contribution in [0.2, 0.25) is 0 Å². The second-order valence-electron chi connectivity index (χ2n) is 4.89. The zero-order valence-corrected chi connectivity index (χ0v) is 11.8. The first kappa shape index (κ1) is 14.0. The van der Waals surface area contributed by atoms with E-state index in [-0.39, 0.29) is 5.91 Å². The first-order chi connectivity index (χ1) is 9.08. The maximum absolute atomic E-state index is 12.0. The van der Waals surface area contributed by atoms with E-state index in [0.29, 0.717) is 23.2 Å². The highest BCUT2D eigenvalue weighted by Gasteiger charge is 2.21. The number of hydrogen-bond donors (Lipinski definition) is 2. The summed E-state index contributed by atoms with van der Waals surface area (Å²) in [4.78, 5) is 25.4. The molecule has 1 saturated heterocycles. The Labute approximate surface area is 116 Å². The van der Waals surface area contributed by atoms with Crippen molar-refractivity contribution in [2.75, 3.05) is 18.4 Å². The van der Waals surface area contributed by atoms with Crippen LogP contribution in [0.4, 0.5) is 5.00 Å². The summed E-state index contributed by atoms with van der Waals surface area (Å²) >= 11 is 1.32. The quantitative estimate of drug-likeness (QED) is 0.881. The van der Waals surface area contributed by atoms with Gasteiger partial charge in [-0.2, -0.15) is 0 Å². The molecule has 104 valence electrons. The summed E-state index contributed by atoms with van der Waals surface area (Å²) in [5.74, 6) is -0.596. The molecule has 1 atom stereocenters. The summed E-state index contributed by atoms with van der Waals surface area (Å²) < 4.78 is 0. The third-order valence-corrected chi connectivity index (χ3v) is 4.30. The standard InChI is InChI=1S/C13H19N3O2S/c1-9-4-2-3-6-16(9)8-11(17)15-13-10(12(14)18)5-7-19-13/h5,7,9H,2-4,6,8H2,1H3,(H2,14,18)(H,15,17)/t9-/m1/s1. The van der Waals surface area contributed by atoms with Gasteiger partial charge in [0.1, 0.15) is 5.00 Å². The number of rotatable bonds is 4. The summed E-state index contributed by atoms with van der Waals surface area (Å²) in [5.41, 5.74) is 5.63. The van der Waals surface area contributed by atoms with Gasteiger partial charge in [0.2, 0.25) is 5.91 Å². The van der Waals surface area contributed by atoms with Crippen molar-refractivity contribution < 1.29 is 9.59 Å². The number of anilines is 1. The normalized spacial score (nSPS) is 20.2. The minimum Gasteiger partial charge on any atom is -0.366 e. The maximum atomic E-state index is 12.0. The first-order valence-corrected chi connectivity index (χ1v) is 7.37. The third-order valence-electron chi connectivity index (χ3n) is 3.47. The van der Waals surface area contributed by atoms with Gasteiger partial charge in [0.15, 0.2) is 0 Å². The van der Waals surface area contributed by atoms with Crippen molar-refractivity contribution in [3.63, 3.8) is 0 Å². The highest BCUT2D eigenvalue weighted by atomic mass is 32.1. The number of piperidine rings is 1. The zero-order chi connectivity index (χ0) is 13.8. The smallest absolute Gasteiger partial charge is 0.251 e. The van der Waals surface area contributed by atoms with Crippen LogP contribution >= 0.6 is 11.3 Å². The predicted octanol–water partition coefficient (Wildman–Crippen LogP) is 1.66. The van der Waals surface area contributed by atoms with Gasteiger partial charge in [0.05, 0.1) is 12.1 Å². The maximum Gasteiger partial charge on any atom is 0.251 e. The van der Waals surface area contributed by atoms with E-state index < -0.39 is 5.91 Å². The van der Waals surface area contributed by atoms with Gasteiger partial charge in [-0.1, -0.05) is 6.42 Å². The number of amides is 2. The Morgan fingerprint density at radius 1 is 1.53 bits per heavy atom. The van der Waals surface area contributed by atoms with E-state index in [1.165, 1.54) is 17.8 Å². The van der Waals surface area contributed by atoms with E-state index in [0.717, 1.165) is 19.4 Å². The van der Waals surface area contributed by atoms with Crippen molar-refractivity contribution in [1.29, 1.82) is 0 Å². The molecule has 1 aliphatic heterocycles. The molecule has 0 saturated carbocycles. The summed E-state index contributed by atoms with van der Waals surface area (Å²) in [7, 11) is 0. The van der Waals surface area contributed by atoms with Crippen LogP contribution in [0.25, 0.3) is 0 Å². The highest BCUT2D eigenvalue weighted by molar-refractivity contribution is 7.14. The van der Waals surface area contributed by atoms with Crippen LogP contribution in [-0.4, -0.2) is 35.8 Å². The van der Waals surface area contributed by atoms with Gasteiger partial charge in [-0.25, -0.2) is 0 Å². The highest BCUT2D eigenvalue weighted by Crippen LogP contribution is 2.23. The number of likely N-dealkylation sites (tertiary alicyclic amines) is 1. The Hall–Kier alpha value is -1.40. The number of nitrogens with zero attached hydrogens (tertiary/aromatic N) is 1. The van der Waals surface area contributed by atoms with E-state index in [9.17, 15) is 9.59 Å². The van der Waals surface area contributed by atoms with Crippen LogP contribution in [0.15, 0.2) is 11.4 Å². The lowest BCUT2D eigenvalue weighted by molar-refractivity contribution is -0.118. The fourth-order valence-electron chi connectivity index (χ4n) is 2.34. The average molecular weight is 281 g/mol. The van der Waals surface area contributed by atoms with Gasteiger partial charge >= 0.3 is 0 Å². The molecule has 1 aromatic heterocycles. The van der Waals surface area contributed by atoms with Crippen molar-refractivity contribution in [3.05, 3.63) is 17.0 Å². The topological polar surface area (TPSA) is 75.4 Å². The predicted molar refractivity (Wildman–Crippen MR) is 76.4 cm³/mol. The number of carbonyl (C=O) groups excluding carboxylic acids is 2. The number of nitrogens with one attached hydrogen (secondary N) is 1. The molecule has 2 rings (SSSR count). The van der Waals surface area contributed by atoms with E-state index in [1.807, 2.05) is 0 Å². The summed E-state index contributed by atoms with van der Waals surface area (Å²) in [6, 6.07) is 2.07. The van der Waals surface area contributed by atoms with Crippen LogP contribution in [0.1, 0.15) is 36.5 Å². The SMILES string of the molecule is C[C@@H]1CCCCN1CC(=O)Nc1sccc1C(N)=O. The van der Waals surface area contributed by atoms with Crippen molar-refractivity contribution in [2.45, 2.75) is 32.2 Å². The monoisotopic (exact) mass is 281 g/mol. The molecule has 3 N–H and O–H groups in total. The molecule has 0 bridgehead atoms. The molecule has 6 heteroatoms. The summed E-state index contributed by atoms with van der Waals surface area (Å²) in [5, 5.41) is 5.07. The molecule has 5 nitrogen and oxygen atoms in total. The fraction of sp³-hybridized carbons (Fsp3) is 0.538. The minimum atomic E-state index is -0.511. The lowest BCUT2D eigenvalue weighted by Crippen LogP contribution is -2.42. The Balaban J connectivity index is 1.93. The molecular formula is C13H19N3O2S. The number of thiophene rings is 1. The molecule has 0 unspecified atom stereocenters. The molecule has 1 aliphatic rings. The van der Waals surface area contributed by atoms with Crippen LogP contribution in [0.3, 0.4) is 0 Å². The van der Waals surface area contributed by atoms with Gasteiger partial charge < -0.3 is 11.1 Å². The molecule has 2 amide bonds. The van der Waals surface area contributed by atoms with Crippen LogP contribution in [0, 0.1) is 0 Å². The largest absolute Gasteiger partial charge is 0.366 e. The average Bonchev–Trinajstić information content (AvgIpc) is 2.80.